The largest absolute Gasteiger partial charge is 0.508 e. The van der Waals surface area contributed by atoms with Crippen LogP contribution in [-0.4, -0.2) is 38.3 Å². The number of aryl methyl sites for hydroxylation is 1. The fourth-order valence-corrected chi connectivity index (χ4v) is 2.27. The highest BCUT2D eigenvalue weighted by atomic mass is 32.1. The highest BCUT2D eigenvalue weighted by molar-refractivity contribution is 7.80. The Balaban J connectivity index is 2.30. The van der Waals surface area contributed by atoms with Crippen LogP contribution in [0, 0.1) is 0 Å². The van der Waals surface area contributed by atoms with Crippen LogP contribution in [0.1, 0.15) is 17.5 Å². The van der Waals surface area contributed by atoms with E-state index in [1.54, 1.807) is 31.3 Å². The first kappa shape index (κ1) is 18.3. The summed E-state index contributed by atoms with van der Waals surface area (Å²) < 4.78 is 0. The number of hydrazone groups is 1. The lowest BCUT2D eigenvalue weighted by atomic mass is 10.00. The van der Waals surface area contributed by atoms with Gasteiger partial charge in [0.2, 0.25) is 0 Å². The summed E-state index contributed by atoms with van der Waals surface area (Å²) in [5, 5.41) is 46.1. The van der Waals surface area contributed by atoms with E-state index >= 15 is 0 Å². The van der Waals surface area contributed by atoms with Gasteiger partial charge in [0.25, 0.3) is 0 Å². The first-order chi connectivity index (χ1) is 11.9. The zero-order valence-electron chi connectivity index (χ0n) is 13.5. The normalized spacial score (nSPS) is 11.2. The van der Waals surface area contributed by atoms with E-state index in [1.165, 1.54) is 0 Å². The zero-order chi connectivity index (χ0) is 18.4. The van der Waals surface area contributed by atoms with E-state index in [0.29, 0.717) is 18.6 Å². The van der Waals surface area contributed by atoms with Gasteiger partial charge in [0.1, 0.15) is 23.0 Å². The molecular weight excluding hydrogens is 342 g/mol. The first-order valence-electron chi connectivity index (χ1n) is 7.48. The predicted molar refractivity (Wildman–Crippen MR) is 99.2 cm³/mol. The number of phenols is 4. The fourth-order valence-electron chi connectivity index (χ4n) is 2.23. The standard InChI is InChI=1S/C17H19N3O4S/c1-18-17(25)20-19-13(7-4-10-2-5-11(21)6-3-10)16-14(23)8-12(22)9-15(16)24/h2-3,5-6,8-9,21-24H,4,7H2,1H3,(H2,18,20,25)/b19-13-. The van der Waals surface area contributed by atoms with Crippen LogP contribution < -0.4 is 10.7 Å². The smallest absolute Gasteiger partial charge is 0.186 e. The summed E-state index contributed by atoms with van der Waals surface area (Å²) in [6.07, 6.45) is 0.920. The van der Waals surface area contributed by atoms with E-state index in [2.05, 4.69) is 15.8 Å². The van der Waals surface area contributed by atoms with Crippen LogP contribution in [0.2, 0.25) is 0 Å². The summed E-state index contributed by atoms with van der Waals surface area (Å²) in [4.78, 5) is 0. The molecule has 0 saturated carbocycles. The molecule has 8 heteroatoms. The third-order valence-corrected chi connectivity index (χ3v) is 3.77. The molecule has 7 nitrogen and oxygen atoms in total. The van der Waals surface area contributed by atoms with Crippen LogP contribution in [0.3, 0.4) is 0 Å². The Labute approximate surface area is 150 Å². The number of rotatable bonds is 5. The minimum Gasteiger partial charge on any atom is -0.508 e. The molecule has 0 saturated heterocycles. The van der Waals surface area contributed by atoms with Crippen molar-refractivity contribution in [2.24, 2.45) is 5.10 Å². The lowest BCUT2D eigenvalue weighted by Gasteiger charge is -2.12. The first-order valence-corrected chi connectivity index (χ1v) is 7.89. The van der Waals surface area contributed by atoms with Crippen molar-refractivity contribution in [1.82, 2.24) is 10.7 Å². The summed E-state index contributed by atoms with van der Waals surface area (Å²) >= 11 is 4.98. The second kappa shape index (κ2) is 8.20. The molecule has 6 N–H and O–H groups in total. The van der Waals surface area contributed by atoms with Crippen molar-refractivity contribution in [3.63, 3.8) is 0 Å². The molecule has 25 heavy (non-hydrogen) atoms. The van der Waals surface area contributed by atoms with E-state index in [-0.39, 0.29) is 33.7 Å². The molecule has 0 unspecified atom stereocenters. The Bertz CT molecular complexity index is 768. The van der Waals surface area contributed by atoms with Gasteiger partial charge >= 0.3 is 0 Å². The molecule has 0 aromatic heterocycles. The molecule has 0 spiro atoms. The summed E-state index contributed by atoms with van der Waals surface area (Å²) in [6.45, 7) is 0. The van der Waals surface area contributed by atoms with Gasteiger partial charge in [0, 0.05) is 19.2 Å². The number of nitrogens with zero attached hydrogens (tertiary/aromatic N) is 1. The van der Waals surface area contributed by atoms with Crippen LogP contribution >= 0.6 is 12.2 Å². The maximum Gasteiger partial charge on any atom is 0.186 e. The molecule has 2 aromatic rings. The van der Waals surface area contributed by atoms with Crippen molar-refractivity contribution in [3.8, 4) is 23.0 Å². The summed E-state index contributed by atoms with van der Waals surface area (Å²) in [6, 6.07) is 8.96. The molecule has 0 fully saturated rings. The van der Waals surface area contributed by atoms with Crippen molar-refractivity contribution in [2.75, 3.05) is 7.05 Å². The number of aromatic hydroxyl groups is 4. The van der Waals surface area contributed by atoms with Gasteiger partial charge in [-0.25, -0.2) is 0 Å². The molecule has 0 atom stereocenters. The molecule has 2 aromatic carbocycles. The van der Waals surface area contributed by atoms with Crippen LogP contribution in [-0.2, 0) is 6.42 Å². The van der Waals surface area contributed by atoms with Crippen LogP contribution in [0.25, 0.3) is 0 Å². The van der Waals surface area contributed by atoms with Gasteiger partial charge in [-0.15, -0.1) is 0 Å². The van der Waals surface area contributed by atoms with Gasteiger partial charge < -0.3 is 25.7 Å². The molecule has 0 amide bonds. The van der Waals surface area contributed by atoms with Gasteiger partial charge in [-0.05, 0) is 42.8 Å². The maximum absolute atomic E-state index is 10.1. The molecule has 0 aliphatic rings. The Morgan fingerprint density at radius 2 is 1.60 bits per heavy atom. The SMILES string of the molecule is CNC(=S)N/N=C(/CCc1ccc(O)cc1)c1c(O)cc(O)cc1O. The number of benzene rings is 2. The van der Waals surface area contributed by atoms with E-state index < -0.39 is 0 Å². The highest BCUT2D eigenvalue weighted by Crippen LogP contribution is 2.33. The topological polar surface area (TPSA) is 117 Å². The number of phenolic OH excluding ortho intramolecular Hbond substituents is 4. The predicted octanol–water partition coefficient (Wildman–Crippen LogP) is 1.94. The number of thiocarbonyl (C=S) groups is 1. The van der Waals surface area contributed by atoms with E-state index in [0.717, 1.165) is 17.7 Å². The summed E-state index contributed by atoms with van der Waals surface area (Å²) in [7, 11) is 1.64. The van der Waals surface area contributed by atoms with Crippen molar-refractivity contribution in [3.05, 3.63) is 47.5 Å². The van der Waals surface area contributed by atoms with E-state index in [4.69, 9.17) is 12.2 Å². The van der Waals surface area contributed by atoms with Crippen molar-refractivity contribution >= 4 is 23.0 Å². The fraction of sp³-hybridized carbons (Fsp3) is 0.176. The molecule has 2 rings (SSSR count). The minimum absolute atomic E-state index is 0.114. The molecule has 0 heterocycles. The number of nitrogens with one attached hydrogen (secondary N) is 2. The number of hydrogen-bond donors (Lipinski definition) is 6. The Hall–Kier alpha value is -3.00. The third kappa shape index (κ3) is 4.98. The summed E-state index contributed by atoms with van der Waals surface area (Å²) in [5.41, 5.74) is 4.05. The molecule has 0 bridgehead atoms. The maximum atomic E-state index is 10.1. The van der Waals surface area contributed by atoms with Crippen LogP contribution in [0.5, 0.6) is 23.0 Å². The highest BCUT2D eigenvalue weighted by Gasteiger charge is 2.16. The molecule has 0 aliphatic carbocycles. The third-order valence-electron chi connectivity index (χ3n) is 3.48. The lowest BCUT2D eigenvalue weighted by molar-refractivity contribution is 0.426. The average Bonchev–Trinajstić information content (AvgIpc) is 2.56. The van der Waals surface area contributed by atoms with E-state index in [1.807, 2.05) is 0 Å². The van der Waals surface area contributed by atoms with Crippen LogP contribution in [0.4, 0.5) is 0 Å². The van der Waals surface area contributed by atoms with E-state index in [9.17, 15) is 20.4 Å². The van der Waals surface area contributed by atoms with Gasteiger partial charge in [0.15, 0.2) is 5.11 Å². The molecule has 0 radical (unpaired) electrons. The van der Waals surface area contributed by atoms with Crippen molar-refractivity contribution in [1.29, 1.82) is 0 Å². The minimum atomic E-state index is -0.292. The van der Waals surface area contributed by atoms with Crippen molar-refractivity contribution < 1.29 is 20.4 Å². The molecular formula is C17H19N3O4S. The van der Waals surface area contributed by atoms with Gasteiger partial charge in [-0.2, -0.15) is 5.10 Å². The van der Waals surface area contributed by atoms with Gasteiger partial charge in [-0.3, -0.25) is 5.43 Å². The Morgan fingerprint density at radius 3 is 2.16 bits per heavy atom. The van der Waals surface area contributed by atoms with Crippen LogP contribution in [0.15, 0.2) is 41.5 Å². The monoisotopic (exact) mass is 361 g/mol. The average molecular weight is 361 g/mol. The second-order valence-corrected chi connectivity index (χ2v) is 5.68. The second-order valence-electron chi connectivity index (χ2n) is 5.27. The zero-order valence-corrected chi connectivity index (χ0v) is 14.3. The van der Waals surface area contributed by atoms with Gasteiger partial charge in [-0.1, -0.05) is 12.1 Å². The Morgan fingerprint density at radius 1 is 1.00 bits per heavy atom. The Kier molecular flexibility index (Phi) is 6.02. The van der Waals surface area contributed by atoms with Crippen molar-refractivity contribution in [2.45, 2.75) is 12.8 Å². The quantitative estimate of drug-likeness (QED) is 0.274. The molecule has 132 valence electrons. The lowest BCUT2D eigenvalue weighted by Crippen LogP contribution is -2.29. The van der Waals surface area contributed by atoms with Gasteiger partial charge in [0.05, 0.1) is 11.3 Å². The number of hydrogen-bond acceptors (Lipinski definition) is 6. The summed E-state index contributed by atoms with van der Waals surface area (Å²) in [5.74, 6) is -0.666. The molecule has 0 aliphatic heterocycles.